The van der Waals surface area contributed by atoms with Gasteiger partial charge in [-0.1, -0.05) is 19.2 Å². The van der Waals surface area contributed by atoms with Gasteiger partial charge in [0.05, 0.1) is 5.71 Å². The second-order valence-electron chi connectivity index (χ2n) is 4.76. The molecule has 0 saturated heterocycles. The van der Waals surface area contributed by atoms with Crippen molar-refractivity contribution < 1.29 is 0 Å². The highest BCUT2D eigenvalue weighted by molar-refractivity contribution is 6.16. The largest absolute Gasteiger partial charge is 0.384 e. The van der Waals surface area contributed by atoms with E-state index in [4.69, 9.17) is 5.73 Å². The number of aromatic nitrogens is 3. The van der Waals surface area contributed by atoms with Gasteiger partial charge in [-0.25, -0.2) is 9.98 Å². The number of nitrogens with zero attached hydrogens (tertiary/aromatic N) is 3. The second-order valence-corrected chi connectivity index (χ2v) is 4.76. The number of aliphatic imine (C=N–C) groups is 1. The van der Waals surface area contributed by atoms with Crippen molar-refractivity contribution in [3.63, 3.8) is 0 Å². The Bertz CT molecular complexity index is 874. The molecular weight excluding hydrogens is 274 g/mol. The fraction of sp³-hybridized carbons (Fsp3) is 0. The highest BCUT2D eigenvalue weighted by Crippen LogP contribution is 2.24. The van der Waals surface area contributed by atoms with Crippen molar-refractivity contribution >= 4 is 16.7 Å². The molecule has 3 aromatic heterocycles. The van der Waals surface area contributed by atoms with E-state index in [1.807, 2.05) is 30.6 Å². The summed E-state index contributed by atoms with van der Waals surface area (Å²) in [6.45, 7) is 7.39. The molecule has 0 spiro atoms. The molecule has 3 rings (SSSR count). The summed E-state index contributed by atoms with van der Waals surface area (Å²) >= 11 is 0. The summed E-state index contributed by atoms with van der Waals surface area (Å²) in [6.07, 6.45) is 8.85. The Labute approximate surface area is 127 Å². The smallest absolute Gasteiger partial charge is 0.137 e. The number of hydrogen-bond donors (Lipinski definition) is 2. The van der Waals surface area contributed by atoms with Crippen LogP contribution in [0.5, 0.6) is 0 Å². The van der Waals surface area contributed by atoms with Crippen LogP contribution in [-0.2, 0) is 0 Å². The maximum atomic E-state index is 5.58. The lowest BCUT2D eigenvalue weighted by atomic mass is 10.1. The minimum atomic E-state index is 0.237. The van der Waals surface area contributed by atoms with Gasteiger partial charge in [-0.05, 0) is 18.2 Å². The highest BCUT2D eigenvalue weighted by atomic mass is 14.9. The van der Waals surface area contributed by atoms with Gasteiger partial charge in [-0.15, -0.1) is 0 Å². The first-order valence-corrected chi connectivity index (χ1v) is 6.72. The van der Waals surface area contributed by atoms with Crippen LogP contribution in [-0.4, -0.2) is 20.7 Å². The lowest BCUT2D eigenvalue weighted by Crippen LogP contribution is -2.00. The van der Waals surface area contributed by atoms with Gasteiger partial charge in [-0.3, -0.25) is 4.98 Å². The molecule has 0 saturated carbocycles. The minimum Gasteiger partial charge on any atom is -0.384 e. The van der Waals surface area contributed by atoms with Crippen molar-refractivity contribution in [2.75, 3.05) is 0 Å². The van der Waals surface area contributed by atoms with E-state index in [0.29, 0.717) is 5.71 Å². The summed E-state index contributed by atoms with van der Waals surface area (Å²) < 4.78 is 0. The molecular formula is C17H15N5. The van der Waals surface area contributed by atoms with Gasteiger partial charge in [-0.2, -0.15) is 0 Å². The fourth-order valence-electron chi connectivity index (χ4n) is 2.28. The van der Waals surface area contributed by atoms with Crippen molar-refractivity contribution in [1.82, 2.24) is 15.0 Å². The average molecular weight is 289 g/mol. The lowest BCUT2D eigenvalue weighted by Gasteiger charge is -2.03. The number of nitrogens with one attached hydrogen (secondary N) is 1. The molecule has 0 aromatic carbocycles. The Kier molecular flexibility index (Phi) is 3.53. The van der Waals surface area contributed by atoms with E-state index in [2.05, 4.69) is 33.1 Å². The van der Waals surface area contributed by atoms with E-state index in [-0.39, 0.29) is 5.82 Å². The van der Waals surface area contributed by atoms with Crippen molar-refractivity contribution in [1.29, 1.82) is 0 Å². The summed E-state index contributed by atoms with van der Waals surface area (Å²) in [5.41, 5.74) is 9.88. The fourth-order valence-corrected chi connectivity index (χ4v) is 2.28. The number of nitrogens with two attached hydrogens (primary N) is 1. The Morgan fingerprint density at radius 2 is 2.18 bits per heavy atom. The molecule has 3 aromatic rings. The third-order valence-electron chi connectivity index (χ3n) is 3.26. The first-order valence-electron chi connectivity index (χ1n) is 6.72. The SMILES string of the molecule is C=C/C(=N\C(=C)N)c1c[nH]c2ncc(-c3cccnc3)cc12. The van der Waals surface area contributed by atoms with E-state index < -0.39 is 0 Å². The first kappa shape index (κ1) is 13.8. The second kappa shape index (κ2) is 5.65. The molecule has 5 heteroatoms. The van der Waals surface area contributed by atoms with E-state index in [1.54, 1.807) is 18.5 Å². The number of hydrogen-bond acceptors (Lipinski definition) is 4. The molecule has 0 aliphatic carbocycles. The van der Waals surface area contributed by atoms with Crippen LogP contribution in [0.4, 0.5) is 0 Å². The molecule has 0 bridgehead atoms. The highest BCUT2D eigenvalue weighted by Gasteiger charge is 2.10. The molecule has 5 nitrogen and oxygen atoms in total. The zero-order chi connectivity index (χ0) is 15.5. The summed E-state index contributed by atoms with van der Waals surface area (Å²) in [4.78, 5) is 15.9. The van der Waals surface area contributed by atoms with Gasteiger partial charge in [0.25, 0.3) is 0 Å². The number of fused-ring (bicyclic) bond motifs is 1. The van der Waals surface area contributed by atoms with Crippen molar-refractivity contribution in [3.8, 4) is 11.1 Å². The predicted octanol–water partition coefficient (Wildman–Crippen LogP) is 3.03. The molecule has 0 aliphatic heterocycles. The summed E-state index contributed by atoms with van der Waals surface area (Å²) in [7, 11) is 0. The van der Waals surface area contributed by atoms with Gasteiger partial charge < -0.3 is 10.7 Å². The van der Waals surface area contributed by atoms with Gasteiger partial charge in [0, 0.05) is 46.9 Å². The maximum Gasteiger partial charge on any atom is 0.137 e. The number of rotatable bonds is 4. The standard InChI is InChI=1S/C17H15N5/c1-3-16(22-11(2)18)15-10-21-17-14(15)7-13(9-20-17)12-5-4-6-19-8-12/h3-10H,1-2,18H2,(H,20,21)/b22-16+. The van der Waals surface area contributed by atoms with Gasteiger partial charge >= 0.3 is 0 Å². The van der Waals surface area contributed by atoms with Crippen LogP contribution in [0.15, 0.2) is 73.0 Å². The molecule has 0 atom stereocenters. The summed E-state index contributed by atoms with van der Waals surface area (Å²) in [5.74, 6) is 0.237. The third-order valence-corrected chi connectivity index (χ3v) is 3.26. The molecule has 0 amide bonds. The summed E-state index contributed by atoms with van der Waals surface area (Å²) in [5, 5.41) is 0.946. The van der Waals surface area contributed by atoms with E-state index in [1.165, 1.54) is 0 Å². The third kappa shape index (κ3) is 2.52. The molecule has 3 heterocycles. The van der Waals surface area contributed by atoms with Crippen molar-refractivity contribution in [2.45, 2.75) is 0 Å². The lowest BCUT2D eigenvalue weighted by molar-refractivity contribution is 1.26. The maximum absolute atomic E-state index is 5.58. The first-order chi connectivity index (χ1) is 10.7. The Balaban J connectivity index is 2.17. The normalized spacial score (nSPS) is 11.5. The minimum absolute atomic E-state index is 0.237. The van der Waals surface area contributed by atoms with Gasteiger partial charge in [0.15, 0.2) is 0 Å². The topological polar surface area (TPSA) is 80.0 Å². The number of H-pyrrole nitrogens is 1. The Morgan fingerprint density at radius 3 is 2.86 bits per heavy atom. The predicted molar refractivity (Wildman–Crippen MR) is 89.4 cm³/mol. The van der Waals surface area contributed by atoms with E-state index in [0.717, 1.165) is 27.7 Å². The van der Waals surface area contributed by atoms with E-state index in [9.17, 15) is 0 Å². The summed E-state index contributed by atoms with van der Waals surface area (Å²) in [6, 6.07) is 5.93. The molecule has 0 radical (unpaired) electrons. The molecule has 0 unspecified atom stereocenters. The van der Waals surface area contributed by atoms with Crippen LogP contribution in [0.1, 0.15) is 5.56 Å². The molecule has 108 valence electrons. The molecule has 3 N–H and O–H groups in total. The molecule has 22 heavy (non-hydrogen) atoms. The molecule has 0 aliphatic rings. The van der Waals surface area contributed by atoms with Crippen LogP contribution in [0.3, 0.4) is 0 Å². The van der Waals surface area contributed by atoms with Crippen LogP contribution in [0, 0.1) is 0 Å². The number of allylic oxidation sites excluding steroid dienone is 1. The zero-order valence-electron chi connectivity index (χ0n) is 12.0. The molecule has 0 fully saturated rings. The monoisotopic (exact) mass is 289 g/mol. The van der Waals surface area contributed by atoms with Crippen LogP contribution >= 0.6 is 0 Å². The van der Waals surface area contributed by atoms with Crippen molar-refractivity contribution in [3.05, 3.63) is 73.6 Å². The number of pyridine rings is 2. The van der Waals surface area contributed by atoms with Gasteiger partial charge in [0.1, 0.15) is 11.5 Å². The van der Waals surface area contributed by atoms with Crippen LogP contribution < -0.4 is 5.73 Å². The van der Waals surface area contributed by atoms with E-state index >= 15 is 0 Å². The average Bonchev–Trinajstić information content (AvgIpc) is 2.96. The van der Waals surface area contributed by atoms with Crippen molar-refractivity contribution in [2.24, 2.45) is 10.7 Å². The Hall–Kier alpha value is -3.21. The Morgan fingerprint density at radius 1 is 1.32 bits per heavy atom. The van der Waals surface area contributed by atoms with Gasteiger partial charge in [0.2, 0.25) is 0 Å². The van der Waals surface area contributed by atoms with Crippen LogP contribution in [0.25, 0.3) is 22.2 Å². The quantitative estimate of drug-likeness (QED) is 0.724. The zero-order valence-corrected chi connectivity index (χ0v) is 12.0. The van der Waals surface area contributed by atoms with Crippen LogP contribution in [0.2, 0.25) is 0 Å². The number of aromatic amines is 1.